The number of furan rings is 1. The molecule has 0 radical (unpaired) electrons. The minimum Gasteiger partial charge on any atom is -0.467 e. The number of rotatable bonds is 6. The third-order valence-corrected chi connectivity index (χ3v) is 5.35. The van der Waals surface area contributed by atoms with Crippen LogP contribution >= 0.6 is 22.9 Å². The number of amides is 1. The second-order valence-electron chi connectivity index (χ2n) is 6.09. The Morgan fingerprint density at radius 3 is 2.89 bits per heavy atom. The van der Waals surface area contributed by atoms with Crippen LogP contribution in [0.3, 0.4) is 0 Å². The Kier molecular flexibility index (Phi) is 5.23. The average molecular weight is 415 g/mol. The number of nitrogens with one attached hydrogen (secondary N) is 1. The van der Waals surface area contributed by atoms with Crippen molar-refractivity contribution in [3.05, 3.63) is 86.1 Å². The van der Waals surface area contributed by atoms with Gasteiger partial charge in [-0.25, -0.2) is 4.52 Å². The normalized spacial score (nSPS) is 11.0. The summed E-state index contributed by atoms with van der Waals surface area (Å²) in [5.41, 5.74) is 1.34. The van der Waals surface area contributed by atoms with Gasteiger partial charge >= 0.3 is 0 Å². The van der Waals surface area contributed by atoms with Crippen LogP contribution in [0.4, 0.5) is 0 Å². The Balaban J connectivity index is 1.55. The smallest absolute Gasteiger partial charge is 0.296 e. The van der Waals surface area contributed by atoms with E-state index in [4.69, 9.17) is 16.0 Å². The minimum absolute atomic E-state index is 0.115. The molecule has 142 valence electrons. The highest BCUT2D eigenvalue weighted by molar-refractivity contribution is 7.15. The molecule has 4 rings (SSSR count). The van der Waals surface area contributed by atoms with Crippen LogP contribution in [0.1, 0.15) is 22.7 Å². The predicted octanol–water partition coefficient (Wildman–Crippen LogP) is 2.85. The lowest BCUT2D eigenvalue weighted by molar-refractivity contribution is -0.120. The van der Waals surface area contributed by atoms with Gasteiger partial charge in [-0.3, -0.25) is 9.59 Å². The summed E-state index contributed by atoms with van der Waals surface area (Å²) < 4.78 is 6.75. The number of hydrogen-bond acceptors (Lipinski definition) is 6. The number of benzene rings is 1. The van der Waals surface area contributed by atoms with E-state index in [0.29, 0.717) is 28.0 Å². The van der Waals surface area contributed by atoms with Gasteiger partial charge in [-0.1, -0.05) is 29.8 Å². The molecule has 4 aromatic rings. The number of halogens is 1. The zero-order chi connectivity index (χ0) is 19.5. The van der Waals surface area contributed by atoms with Crippen LogP contribution in [-0.2, 0) is 24.2 Å². The van der Waals surface area contributed by atoms with Crippen LogP contribution in [-0.4, -0.2) is 20.5 Å². The number of carbonyl (C=O) groups excluding carboxylic acids is 1. The van der Waals surface area contributed by atoms with Crippen molar-refractivity contribution < 1.29 is 9.21 Å². The maximum atomic E-state index is 12.3. The van der Waals surface area contributed by atoms with E-state index in [2.05, 4.69) is 15.4 Å². The highest BCUT2D eigenvalue weighted by Crippen LogP contribution is 2.18. The summed E-state index contributed by atoms with van der Waals surface area (Å²) in [6.07, 6.45) is 1.94. The Bertz CT molecular complexity index is 1180. The monoisotopic (exact) mass is 414 g/mol. The van der Waals surface area contributed by atoms with Crippen LogP contribution < -0.4 is 10.9 Å². The summed E-state index contributed by atoms with van der Waals surface area (Å²) >= 11 is 7.45. The van der Waals surface area contributed by atoms with E-state index in [0.717, 1.165) is 5.56 Å². The SMILES string of the molecule is O=C(Cc1csc2nc(=O)c(Cc3ccccc3Cl)nn12)NCc1ccco1. The molecular formula is C19H15ClN4O3S. The molecular weight excluding hydrogens is 400 g/mol. The first-order valence-corrected chi connectivity index (χ1v) is 9.75. The second-order valence-corrected chi connectivity index (χ2v) is 7.33. The van der Waals surface area contributed by atoms with E-state index in [1.807, 2.05) is 18.2 Å². The third-order valence-electron chi connectivity index (χ3n) is 4.12. The molecule has 1 amide bonds. The lowest BCUT2D eigenvalue weighted by Gasteiger charge is -2.05. The first-order chi connectivity index (χ1) is 13.6. The molecule has 0 fully saturated rings. The molecule has 1 aromatic carbocycles. The lowest BCUT2D eigenvalue weighted by atomic mass is 10.1. The zero-order valence-electron chi connectivity index (χ0n) is 14.6. The highest BCUT2D eigenvalue weighted by Gasteiger charge is 2.14. The molecule has 0 unspecified atom stereocenters. The van der Waals surface area contributed by atoms with Gasteiger partial charge in [0, 0.05) is 16.8 Å². The topological polar surface area (TPSA) is 89.5 Å². The maximum absolute atomic E-state index is 12.3. The number of fused-ring (bicyclic) bond motifs is 1. The van der Waals surface area contributed by atoms with Crippen molar-refractivity contribution in [3.63, 3.8) is 0 Å². The number of hydrogen-bond donors (Lipinski definition) is 1. The van der Waals surface area contributed by atoms with E-state index < -0.39 is 5.56 Å². The summed E-state index contributed by atoms with van der Waals surface area (Å²) in [6.45, 7) is 0.312. The van der Waals surface area contributed by atoms with Crippen molar-refractivity contribution in [1.29, 1.82) is 0 Å². The molecule has 28 heavy (non-hydrogen) atoms. The maximum Gasteiger partial charge on any atom is 0.296 e. The van der Waals surface area contributed by atoms with Gasteiger partial charge in [0.15, 0.2) is 0 Å². The largest absolute Gasteiger partial charge is 0.467 e. The van der Waals surface area contributed by atoms with Crippen molar-refractivity contribution in [2.45, 2.75) is 19.4 Å². The molecule has 0 atom stereocenters. The second kappa shape index (κ2) is 7.95. The van der Waals surface area contributed by atoms with Gasteiger partial charge in [-0.2, -0.15) is 10.1 Å². The Labute approximate surface area is 168 Å². The molecule has 0 spiro atoms. The van der Waals surface area contributed by atoms with Gasteiger partial charge in [0.1, 0.15) is 11.5 Å². The summed E-state index contributed by atoms with van der Waals surface area (Å²) in [5.74, 6) is 0.498. The molecule has 1 N–H and O–H groups in total. The number of nitrogens with zero attached hydrogens (tertiary/aromatic N) is 3. The molecule has 0 aliphatic rings. The fourth-order valence-corrected chi connectivity index (χ4v) is 3.74. The van der Waals surface area contributed by atoms with Crippen molar-refractivity contribution in [1.82, 2.24) is 19.9 Å². The average Bonchev–Trinajstić information content (AvgIpc) is 3.33. The summed E-state index contributed by atoms with van der Waals surface area (Å²) in [4.78, 5) is 29.1. The summed E-state index contributed by atoms with van der Waals surface area (Å²) in [6, 6.07) is 10.8. The van der Waals surface area contributed by atoms with Crippen LogP contribution in [0, 0.1) is 0 Å². The number of carbonyl (C=O) groups is 1. The molecule has 0 saturated carbocycles. The molecule has 0 bridgehead atoms. The highest BCUT2D eigenvalue weighted by atomic mass is 35.5. The molecule has 7 nitrogen and oxygen atoms in total. The van der Waals surface area contributed by atoms with E-state index in [9.17, 15) is 9.59 Å². The fraction of sp³-hybridized carbons (Fsp3) is 0.158. The van der Waals surface area contributed by atoms with E-state index >= 15 is 0 Å². The lowest BCUT2D eigenvalue weighted by Crippen LogP contribution is -2.26. The molecule has 0 aliphatic carbocycles. The molecule has 3 aromatic heterocycles. The fourth-order valence-electron chi connectivity index (χ4n) is 2.71. The van der Waals surface area contributed by atoms with Crippen molar-refractivity contribution in [3.8, 4) is 0 Å². The predicted molar refractivity (Wildman–Crippen MR) is 106 cm³/mol. The van der Waals surface area contributed by atoms with E-state index in [1.54, 1.807) is 34.4 Å². The first kappa shape index (κ1) is 18.4. The van der Waals surface area contributed by atoms with Gasteiger partial charge < -0.3 is 9.73 Å². The van der Waals surface area contributed by atoms with Crippen molar-refractivity contribution in [2.75, 3.05) is 0 Å². The quantitative estimate of drug-likeness (QED) is 0.524. The van der Waals surface area contributed by atoms with Crippen LogP contribution in [0.25, 0.3) is 4.96 Å². The molecule has 3 heterocycles. The van der Waals surface area contributed by atoms with Crippen molar-refractivity contribution in [2.24, 2.45) is 0 Å². The first-order valence-electron chi connectivity index (χ1n) is 8.49. The van der Waals surface area contributed by atoms with Crippen LogP contribution in [0.2, 0.25) is 5.02 Å². The van der Waals surface area contributed by atoms with Gasteiger partial charge in [0.25, 0.3) is 5.56 Å². The van der Waals surface area contributed by atoms with Crippen LogP contribution in [0.15, 0.2) is 57.3 Å². The Hall–Kier alpha value is -2.97. The Morgan fingerprint density at radius 2 is 2.11 bits per heavy atom. The van der Waals surface area contributed by atoms with Gasteiger partial charge in [0.2, 0.25) is 10.9 Å². The minimum atomic E-state index is -0.393. The van der Waals surface area contributed by atoms with Gasteiger partial charge in [0.05, 0.1) is 24.9 Å². The standard InChI is InChI=1S/C19H15ClN4O3S/c20-15-6-2-1-4-12(15)8-16-18(26)22-19-24(23-16)13(11-28-19)9-17(25)21-10-14-5-3-7-27-14/h1-7,11H,8-10H2,(H,21,25). The van der Waals surface area contributed by atoms with Gasteiger partial charge in [-0.15, -0.1) is 11.3 Å². The zero-order valence-corrected chi connectivity index (χ0v) is 16.2. The van der Waals surface area contributed by atoms with Crippen LogP contribution in [0.5, 0.6) is 0 Å². The third kappa shape index (κ3) is 3.97. The van der Waals surface area contributed by atoms with Gasteiger partial charge in [-0.05, 0) is 23.8 Å². The van der Waals surface area contributed by atoms with Crippen molar-refractivity contribution >= 4 is 33.8 Å². The number of thiazole rings is 1. The molecule has 9 heteroatoms. The summed E-state index contributed by atoms with van der Waals surface area (Å²) in [5, 5.41) is 9.57. The Morgan fingerprint density at radius 1 is 1.25 bits per heavy atom. The molecule has 0 aliphatic heterocycles. The summed E-state index contributed by atoms with van der Waals surface area (Å²) in [7, 11) is 0. The number of aromatic nitrogens is 3. The molecule has 0 saturated heterocycles. The van der Waals surface area contributed by atoms with E-state index in [1.165, 1.54) is 11.3 Å². The van der Waals surface area contributed by atoms with E-state index in [-0.39, 0.29) is 24.4 Å².